The first-order valence-corrected chi connectivity index (χ1v) is 12.2. The number of amides is 2. The Hall–Kier alpha value is -2.14. The summed E-state index contributed by atoms with van der Waals surface area (Å²) in [7, 11) is 0. The first-order chi connectivity index (χ1) is 14.6. The first kappa shape index (κ1) is 21.1. The summed E-state index contributed by atoms with van der Waals surface area (Å²) in [6.45, 7) is 5.77. The van der Waals surface area contributed by atoms with Crippen molar-refractivity contribution in [1.82, 2.24) is 9.80 Å². The zero-order valence-corrected chi connectivity index (χ0v) is 18.9. The van der Waals surface area contributed by atoms with Crippen LogP contribution in [0, 0.1) is 12.8 Å². The van der Waals surface area contributed by atoms with Crippen LogP contribution in [0.5, 0.6) is 0 Å². The Labute approximate surface area is 183 Å². The number of carbonyl (C=O) groups excluding carboxylic acids is 2. The monoisotopic (exact) mass is 424 g/mol. The molecule has 2 amide bonds. The van der Waals surface area contributed by atoms with Crippen LogP contribution in [0.1, 0.15) is 66.6 Å². The molecule has 0 bridgehead atoms. The fraction of sp³-hybridized carbons (Fsp3) is 0.520. The predicted octanol–water partition coefficient (Wildman–Crippen LogP) is 4.96. The number of thiophene rings is 1. The van der Waals surface area contributed by atoms with Crippen LogP contribution >= 0.6 is 11.3 Å². The normalized spacial score (nSPS) is 19.0. The lowest BCUT2D eigenvalue weighted by atomic mass is 9.90. The maximum Gasteiger partial charge on any atom is 0.242 e. The van der Waals surface area contributed by atoms with E-state index in [2.05, 4.69) is 43.5 Å². The van der Waals surface area contributed by atoms with E-state index in [4.69, 9.17) is 0 Å². The number of fused-ring (bicyclic) bond motifs is 1. The van der Waals surface area contributed by atoms with Crippen molar-refractivity contribution in [3.05, 3.63) is 57.3 Å². The Morgan fingerprint density at radius 1 is 1.13 bits per heavy atom. The van der Waals surface area contributed by atoms with E-state index >= 15 is 0 Å². The van der Waals surface area contributed by atoms with E-state index in [1.807, 2.05) is 15.9 Å². The molecular formula is C25H32N2O2S. The molecule has 4 rings (SSSR count). The van der Waals surface area contributed by atoms with E-state index in [-0.39, 0.29) is 30.3 Å². The summed E-state index contributed by atoms with van der Waals surface area (Å²) in [5.74, 6) is 0.365. The molecule has 1 aromatic heterocycles. The average Bonchev–Trinajstić information content (AvgIpc) is 3.44. The maximum atomic E-state index is 13.6. The lowest BCUT2D eigenvalue weighted by molar-refractivity contribution is -0.144. The number of nitrogens with zero attached hydrogens (tertiary/aromatic N) is 2. The van der Waals surface area contributed by atoms with Crippen molar-refractivity contribution < 1.29 is 9.59 Å². The molecule has 1 aliphatic carbocycles. The number of hydrogen-bond donors (Lipinski definition) is 0. The minimum atomic E-state index is -0.0567. The summed E-state index contributed by atoms with van der Waals surface area (Å²) in [6.07, 6.45) is 5.98. The van der Waals surface area contributed by atoms with Crippen molar-refractivity contribution in [1.29, 1.82) is 0 Å². The number of hydrogen-bond acceptors (Lipinski definition) is 3. The Balaban J connectivity index is 1.59. The molecule has 2 heterocycles. The molecule has 2 aromatic rings. The summed E-state index contributed by atoms with van der Waals surface area (Å²) >= 11 is 1.78. The van der Waals surface area contributed by atoms with Crippen LogP contribution in [0.4, 0.5) is 0 Å². The van der Waals surface area contributed by atoms with E-state index in [0.29, 0.717) is 13.1 Å². The Morgan fingerprint density at radius 2 is 1.90 bits per heavy atom. The molecular weight excluding hydrogens is 392 g/mol. The van der Waals surface area contributed by atoms with E-state index < -0.39 is 0 Å². The molecule has 1 unspecified atom stereocenters. The molecule has 2 aliphatic rings. The van der Waals surface area contributed by atoms with Crippen molar-refractivity contribution >= 4 is 23.2 Å². The highest BCUT2D eigenvalue weighted by molar-refractivity contribution is 7.10. The van der Waals surface area contributed by atoms with Crippen LogP contribution < -0.4 is 0 Å². The second-order valence-electron chi connectivity index (χ2n) is 8.64. The fourth-order valence-corrected chi connectivity index (χ4v) is 5.94. The topological polar surface area (TPSA) is 40.6 Å². The van der Waals surface area contributed by atoms with Crippen LogP contribution in [-0.4, -0.2) is 41.2 Å². The molecule has 0 spiro atoms. The molecule has 5 heteroatoms. The quantitative estimate of drug-likeness (QED) is 0.658. The maximum absolute atomic E-state index is 13.6. The van der Waals surface area contributed by atoms with Gasteiger partial charge in [-0.1, -0.05) is 44.0 Å². The summed E-state index contributed by atoms with van der Waals surface area (Å²) in [5, 5.41) is 2.14. The van der Waals surface area contributed by atoms with Crippen LogP contribution in [0.25, 0.3) is 0 Å². The molecule has 30 heavy (non-hydrogen) atoms. The minimum absolute atomic E-state index is 0.0567. The van der Waals surface area contributed by atoms with Crippen LogP contribution in [0.2, 0.25) is 0 Å². The van der Waals surface area contributed by atoms with Crippen molar-refractivity contribution in [2.75, 3.05) is 19.6 Å². The summed E-state index contributed by atoms with van der Waals surface area (Å²) in [5.41, 5.74) is 3.64. The van der Waals surface area contributed by atoms with Gasteiger partial charge in [-0.15, -0.1) is 11.3 Å². The standard InChI is InChI=1S/C25H32N2O2S/c1-3-14-26(25(29)19-9-5-6-10-19)17-23(28)27-15-12-22-21(13-16-30-22)24(27)20-11-7-4-8-18(20)2/h4,7-8,11,13,16,19,24H,3,5-6,9-10,12,14-15,17H2,1-2H3. The van der Waals surface area contributed by atoms with Gasteiger partial charge in [0.15, 0.2) is 0 Å². The first-order valence-electron chi connectivity index (χ1n) is 11.3. The largest absolute Gasteiger partial charge is 0.333 e. The molecule has 1 aromatic carbocycles. The second kappa shape index (κ2) is 9.34. The number of rotatable bonds is 6. The summed E-state index contributed by atoms with van der Waals surface area (Å²) in [4.78, 5) is 31.9. The average molecular weight is 425 g/mol. The van der Waals surface area contributed by atoms with Gasteiger partial charge >= 0.3 is 0 Å². The van der Waals surface area contributed by atoms with Gasteiger partial charge in [-0.05, 0) is 60.7 Å². The molecule has 1 saturated carbocycles. The Morgan fingerprint density at radius 3 is 2.63 bits per heavy atom. The van der Waals surface area contributed by atoms with Crippen LogP contribution in [-0.2, 0) is 16.0 Å². The van der Waals surface area contributed by atoms with Gasteiger partial charge in [0.1, 0.15) is 0 Å². The van der Waals surface area contributed by atoms with E-state index in [1.165, 1.54) is 21.6 Å². The lowest BCUT2D eigenvalue weighted by Crippen LogP contribution is -2.48. The van der Waals surface area contributed by atoms with Crippen molar-refractivity contribution in [3.8, 4) is 0 Å². The number of carbonyl (C=O) groups is 2. The van der Waals surface area contributed by atoms with Crippen molar-refractivity contribution in [3.63, 3.8) is 0 Å². The van der Waals surface area contributed by atoms with Gasteiger partial charge in [0, 0.05) is 23.9 Å². The summed E-state index contributed by atoms with van der Waals surface area (Å²) < 4.78 is 0. The third-order valence-electron chi connectivity index (χ3n) is 6.61. The van der Waals surface area contributed by atoms with Gasteiger partial charge in [0.05, 0.1) is 12.6 Å². The van der Waals surface area contributed by atoms with E-state index in [9.17, 15) is 9.59 Å². The van der Waals surface area contributed by atoms with Crippen molar-refractivity contribution in [2.24, 2.45) is 5.92 Å². The van der Waals surface area contributed by atoms with Crippen molar-refractivity contribution in [2.45, 2.75) is 58.4 Å². The number of benzene rings is 1. The highest BCUT2D eigenvalue weighted by Crippen LogP contribution is 2.39. The van der Waals surface area contributed by atoms with Gasteiger partial charge in [0.25, 0.3) is 0 Å². The van der Waals surface area contributed by atoms with E-state index in [1.54, 1.807) is 11.3 Å². The highest BCUT2D eigenvalue weighted by atomic mass is 32.1. The molecule has 160 valence electrons. The molecule has 1 fully saturated rings. The second-order valence-corrected chi connectivity index (χ2v) is 9.64. The van der Waals surface area contributed by atoms with Gasteiger partial charge in [-0.3, -0.25) is 9.59 Å². The highest BCUT2D eigenvalue weighted by Gasteiger charge is 2.35. The van der Waals surface area contributed by atoms with E-state index in [0.717, 1.165) is 38.5 Å². The molecule has 1 atom stereocenters. The Kier molecular flexibility index (Phi) is 6.57. The van der Waals surface area contributed by atoms with Crippen LogP contribution in [0.3, 0.4) is 0 Å². The lowest BCUT2D eigenvalue weighted by Gasteiger charge is -2.38. The zero-order valence-electron chi connectivity index (χ0n) is 18.1. The molecule has 0 radical (unpaired) electrons. The minimum Gasteiger partial charge on any atom is -0.333 e. The third kappa shape index (κ3) is 4.18. The van der Waals surface area contributed by atoms with Gasteiger partial charge in [0.2, 0.25) is 11.8 Å². The Bertz CT molecular complexity index is 900. The molecule has 0 saturated heterocycles. The zero-order chi connectivity index (χ0) is 21.1. The fourth-order valence-electron chi connectivity index (χ4n) is 5.04. The SMILES string of the molecule is CCCN(CC(=O)N1CCc2sccc2C1c1ccccc1C)C(=O)C1CCCC1. The van der Waals surface area contributed by atoms with Gasteiger partial charge < -0.3 is 9.80 Å². The van der Waals surface area contributed by atoms with Gasteiger partial charge in [-0.25, -0.2) is 0 Å². The predicted molar refractivity (Wildman–Crippen MR) is 122 cm³/mol. The molecule has 1 aliphatic heterocycles. The molecule has 4 nitrogen and oxygen atoms in total. The number of aryl methyl sites for hydroxylation is 1. The smallest absolute Gasteiger partial charge is 0.242 e. The summed E-state index contributed by atoms with van der Waals surface area (Å²) in [6, 6.07) is 10.5. The molecule has 0 N–H and O–H groups in total. The third-order valence-corrected chi connectivity index (χ3v) is 7.60. The van der Waals surface area contributed by atoms with Gasteiger partial charge in [-0.2, -0.15) is 0 Å². The van der Waals surface area contributed by atoms with Crippen LogP contribution in [0.15, 0.2) is 35.7 Å².